The topological polar surface area (TPSA) is 133 Å². The normalized spacial score (nSPS) is 25.6. The summed E-state index contributed by atoms with van der Waals surface area (Å²) in [7, 11) is 1.32. The number of carbonyl (C=O) groups is 3. The molecule has 1 aromatic rings. The summed E-state index contributed by atoms with van der Waals surface area (Å²) in [5.41, 5.74) is 5.80. The molecule has 3 rings (SSSR count). The van der Waals surface area contributed by atoms with Gasteiger partial charge in [0.25, 0.3) is 5.91 Å². The zero-order chi connectivity index (χ0) is 21.9. The van der Waals surface area contributed by atoms with Crippen LogP contribution < -0.4 is 21.1 Å². The summed E-state index contributed by atoms with van der Waals surface area (Å²) in [5, 5.41) is 5.66. The molecule has 164 valence electrons. The number of methoxy groups -OCH3 is 1. The van der Waals surface area contributed by atoms with E-state index in [0.717, 1.165) is 25.7 Å². The van der Waals surface area contributed by atoms with E-state index in [0.29, 0.717) is 6.42 Å². The van der Waals surface area contributed by atoms with E-state index in [-0.39, 0.29) is 41.0 Å². The number of carbonyl (C=O) groups excluding carboxylic acids is 3. The fourth-order valence-electron chi connectivity index (χ4n) is 4.45. The van der Waals surface area contributed by atoms with Crippen molar-refractivity contribution in [1.29, 1.82) is 0 Å². The Balaban J connectivity index is 1.42. The number of esters is 1. The Bertz CT molecular complexity index is 798. The van der Waals surface area contributed by atoms with Crippen LogP contribution in [0.15, 0.2) is 18.3 Å². The van der Waals surface area contributed by atoms with E-state index in [4.69, 9.17) is 15.2 Å². The van der Waals surface area contributed by atoms with Crippen LogP contribution >= 0.6 is 0 Å². The second kappa shape index (κ2) is 8.89. The molecule has 9 nitrogen and oxygen atoms in total. The first-order valence-corrected chi connectivity index (χ1v) is 10.3. The van der Waals surface area contributed by atoms with Gasteiger partial charge in [0.2, 0.25) is 5.88 Å². The van der Waals surface area contributed by atoms with Gasteiger partial charge < -0.3 is 25.8 Å². The largest absolute Gasteiger partial charge is 0.474 e. The summed E-state index contributed by atoms with van der Waals surface area (Å²) in [6.07, 6.45) is 5.49. The Morgan fingerprint density at radius 2 is 1.97 bits per heavy atom. The van der Waals surface area contributed by atoms with Crippen LogP contribution in [0, 0.1) is 11.3 Å². The van der Waals surface area contributed by atoms with Crippen LogP contribution in [-0.2, 0) is 9.53 Å². The molecule has 0 saturated heterocycles. The van der Waals surface area contributed by atoms with Crippen LogP contribution in [0.4, 0.5) is 4.79 Å². The fraction of sp³-hybridized carbons (Fsp3) is 0.619. The third kappa shape index (κ3) is 5.01. The zero-order valence-corrected chi connectivity index (χ0v) is 17.6. The maximum Gasteiger partial charge on any atom is 0.328 e. The molecule has 3 amide bonds. The second-order valence-corrected chi connectivity index (χ2v) is 8.80. The minimum atomic E-state index is -0.650. The van der Waals surface area contributed by atoms with Crippen molar-refractivity contribution in [3.05, 3.63) is 23.9 Å². The van der Waals surface area contributed by atoms with Gasteiger partial charge in [-0.2, -0.15) is 0 Å². The van der Waals surface area contributed by atoms with Gasteiger partial charge in [0.05, 0.1) is 7.11 Å². The quantitative estimate of drug-likeness (QED) is 0.551. The number of nitrogens with one attached hydrogen (secondary N) is 2. The van der Waals surface area contributed by atoms with Crippen molar-refractivity contribution >= 4 is 17.9 Å². The predicted molar refractivity (Wildman–Crippen MR) is 109 cm³/mol. The van der Waals surface area contributed by atoms with Gasteiger partial charge in [0, 0.05) is 12.2 Å². The molecule has 2 saturated carbocycles. The van der Waals surface area contributed by atoms with Crippen LogP contribution in [0.5, 0.6) is 5.88 Å². The van der Waals surface area contributed by atoms with Crippen LogP contribution in [0.25, 0.3) is 0 Å². The number of nitrogens with zero attached hydrogens (tertiary/aromatic N) is 1. The van der Waals surface area contributed by atoms with E-state index < -0.39 is 17.9 Å². The number of hydrogen-bond donors (Lipinski definition) is 3. The smallest absolute Gasteiger partial charge is 0.328 e. The number of urea groups is 1. The Kier molecular flexibility index (Phi) is 6.48. The third-order valence-corrected chi connectivity index (χ3v) is 5.83. The molecular formula is C21H30N4O5. The SMILES string of the molecule is COC(=O)[C@H](CC(C)C)NC(=O)N[C@H]1CC2(C1)C[C@H](Oc1ncccc1C(N)=O)C2. The molecule has 1 spiro atoms. The first-order chi connectivity index (χ1) is 14.2. The molecule has 2 aliphatic rings. The lowest BCUT2D eigenvalue weighted by Gasteiger charge is -2.57. The van der Waals surface area contributed by atoms with Crippen LogP contribution in [-0.4, -0.2) is 48.2 Å². The van der Waals surface area contributed by atoms with Crippen molar-refractivity contribution in [2.45, 2.75) is 64.1 Å². The van der Waals surface area contributed by atoms with Crippen molar-refractivity contribution in [3.63, 3.8) is 0 Å². The summed E-state index contributed by atoms with van der Waals surface area (Å²) in [6.45, 7) is 3.97. The second-order valence-electron chi connectivity index (χ2n) is 8.80. The highest BCUT2D eigenvalue weighted by Gasteiger charge is 2.54. The summed E-state index contributed by atoms with van der Waals surface area (Å²) < 4.78 is 10.6. The third-order valence-electron chi connectivity index (χ3n) is 5.83. The van der Waals surface area contributed by atoms with Gasteiger partial charge in [-0.15, -0.1) is 0 Å². The van der Waals surface area contributed by atoms with Crippen molar-refractivity contribution in [2.75, 3.05) is 7.11 Å². The standard InChI is InChI=1S/C21H30N4O5/c1-12(2)7-16(19(27)29-3)25-20(28)24-13-8-21(9-13)10-14(11-21)30-18-15(17(22)26)5-4-6-23-18/h4-6,12-14,16H,7-11H2,1-3H3,(H2,22,26)(H2,24,25,28)/t13-,14-,16-,21?/m0/s1. The number of rotatable bonds is 8. The molecular weight excluding hydrogens is 388 g/mol. The van der Waals surface area contributed by atoms with E-state index in [2.05, 4.69) is 15.6 Å². The van der Waals surface area contributed by atoms with Gasteiger partial charge in [-0.25, -0.2) is 14.6 Å². The zero-order valence-electron chi connectivity index (χ0n) is 17.6. The lowest BCUT2D eigenvalue weighted by Crippen LogP contribution is -2.60. The summed E-state index contributed by atoms with van der Waals surface area (Å²) >= 11 is 0. The number of amides is 3. The Hall–Kier alpha value is -2.84. The number of hydrogen-bond acceptors (Lipinski definition) is 6. The summed E-state index contributed by atoms with van der Waals surface area (Å²) in [6, 6.07) is 2.32. The summed E-state index contributed by atoms with van der Waals surface area (Å²) in [4.78, 5) is 39.7. The maximum atomic E-state index is 12.3. The molecule has 0 aliphatic heterocycles. The minimum absolute atomic E-state index is 0.0116. The van der Waals surface area contributed by atoms with Crippen LogP contribution in [0.2, 0.25) is 0 Å². The first-order valence-electron chi connectivity index (χ1n) is 10.3. The number of ether oxygens (including phenoxy) is 2. The number of aromatic nitrogens is 1. The summed E-state index contributed by atoms with van der Waals surface area (Å²) in [5.74, 6) is -0.471. The average molecular weight is 418 g/mol. The molecule has 4 N–H and O–H groups in total. The molecule has 1 aromatic heterocycles. The molecule has 0 aromatic carbocycles. The Labute approximate surface area is 176 Å². The van der Waals surface area contributed by atoms with Crippen molar-refractivity contribution in [1.82, 2.24) is 15.6 Å². The highest BCUT2D eigenvalue weighted by Crippen LogP contribution is 2.56. The van der Waals surface area contributed by atoms with E-state index in [1.807, 2.05) is 13.8 Å². The van der Waals surface area contributed by atoms with Crippen LogP contribution in [0.3, 0.4) is 0 Å². The van der Waals surface area contributed by atoms with E-state index in [1.165, 1.54) is 7.11 Å². The van der Waals surface area contributed by atoms with Crippen LogP contribution in [0.1, 0.15) is 56.3 Å². The fourth-order valence-corrected chi connectivity index (χ4v) is 4.45. The highest BCUT2D eigenvalue weighted by atomic mass is 16.5. The molecule has 1 heterocycles. The van der Waals surface area contributed by atoms with E-state index in [1.54, 1.807) is 18.3 Å². The lowest BCUT2D eigenvalue weighted by molar-refractivity contribution is -0.143. The molecule has 0 radical (unpaired) electrons. The predicted octanol–water partition coefficient (Wildman–Crippen LogP) is 1.76. The molecule has 30 heavy (non-hydrogen) atoms. The molecule has 2 aliphatic carbocycles. The average Bonchev–Trinajstić information content (AvgIpc) is 2.63. The highest BCUT2D eigenvalue weighted by molar-refractivity contribution is 5.94. The van der Waals surface area contributed by atoms with E-state index >= 15 is 0 Å². The van der Waals surface area contributed by atoms with Gasteiger partial charge in [-0.1, -0.05) is 13.8 Å². The molecule has 1 atom stereocenters. The lowest BCUT2D eigenvalue weighted by atomic mass is 9.53. The van der Waals surface area contributed by atoms with Gasteiger partial charge in [-0.3, -0.25) is 4.79 Å². The van der Waals surface area contributed by atoms with Crippen molar-refractivity contribution in [3.8, 4) is 5.88 Å². The van der Waals surface area contributed by atoms with Crippen molar-refractivity contribution in [2.24, 2.45) is 17.1 Å². The molecule has 0 bridgehead atoms. The number of nitrogens with two attached hydrogens (primary N) is 1. The Morgan fingerprint density at radius 1 is 1.27 bits per heavy atom. The first kappa shape index (κ1) is 21.9. The molecule has 2 fully saturated rings. The van der Waals surface area contributed by atoms with Gasteiger partial charge in [0.15, 0.2) is 0 Å². The van der Waals surface area contributed by atoms with Gasteiger partial charge in [0.1, 0.15) is 17.7 Å². The van der Waals surface area contributed by atoms with Gasteiger partial charge >= 0.3 is 12.0 Å². The number of pyridine rings is 1. The molecule has 9 heteroatoms. The monoisotopic (exact) mass is 418 g/mol. The minimum Gasteiger partial charge on any atom is -0.474 e. The van der Waals surface area contributed by atoms with Crippen molar-refractivity contribution < 1.29 is 23.9 Å². The number of primary amides is 1. The van der Waals surface area contributed by atoms with E-state index in [9.17, 15) is 14.4 Å². The Morgan fingerprint density at radius 3 is 2.57 bits per heavy atom. The molecule has 0 unspecified atom stereocenters. The maximum absolute atomic E-state index is 12.3. The van der Waals surface area contributed by atoms with Gasteiger partial charge in [-0.05, 0) is 55.6 Å².